The predicted molar refractivity (Wildman–Crippen MR) is 103 cm³/mol. The highest BCUT2D eigenvalue weighted by molar-refractivity contribution is 6.32. The molecule has 1 saturated heterocycles. The quantitative estimate of drug-likeness (QED) is 0.652. The van der Waals surface area contributed by atoms with Crippen LogP contribution in [0.25, 0.3) is 0 Å². The lowest BCUT2D eigenvalue weighted by Crippen LogP contribution is -2.45. The molecule has 27 heavy (non-hydrogen) atoms. The first-order chi connectivity index (χ1) is 13.1. The molecule has 2 fully saturated rings. The number of hydrogen-bond acceptors (Lipinski definition) is 5. The van der Waals surface area contributed by atoms with Gasteiger partial charge in [0.25, 0.3) is 5.91 Å². The molecular weight excluding hydrogens is 368 g/mol. The summed E-state index contributed by atoms with van der Waals surface area (Å²) in [4.78, 5) is 26.2. The number of amides is 1. The number of nitrogens with zero attached hydrogens (tertiary/aromatic N) is 1. The Morgan fingerprint density at radius 2 is 1.93 bits per heavy atom. The number of nitrogens with one attached hydrogen (secondary N) is 1. The van der Waals surface area contributed by atoms with Gasteiger partial charge in [-0.15, -0.1) is 0 Å². The van der Waals surface area contributed by atoms with Crippen molar-refractivity contribution in [1.82, 2.24) is 10.2 Å². The van der Waals surface area contributed by atoms with Crippen LogP contribution in [0.15, 0.2) is 24.3 Å². The van der Waals surface area contributed by atoms with E-state index < -0.39 is 0 Å². The normalized spacial score (nSPS) is 22.4. The average molecular weight is 395 g/mol. The van der Waals surface area contributed by atoms with Crippen LogP contribution in [0.4, 0.5) is 0 Å². The summed E-state index contributed by atoms with van der Waals surface area (Å²) in [6.07, 6.45) is 4.86. The Kier molecular flexibility index (Phi) is 6.96. The number of benzene rings is 1. The van der Waals surface area contributed by atoms with E-state index in [-0.39, 0.29) is 30.6 Å². The average Bonchev–Trinajstić information content (AvgIpc) is 3.41. The zero-order valence-corrected chi connectivity index (χ0v) is 16.4. The molecule has 1 heterocycles. The van der Waals surface area contributed by atoms with Gasteiger partial charge in [0.15, 0.2) is 6.61 Å². The highest BCUT2D eigenvalue weighted by Gasteiger charge is 2.38. The van der Waals surface area contributed by atoms with Crippen LogP contribution < -0.4 is 10.1 Å². The maximum atomic E-state index is 12.2. The molecule has 2 aliphatic rings. The Labute approximate surface area is 165 Å². The van der Waals surface area contributed by atoms with Crippen molar-refractivity contribution in [3.05, 3.63) is 29.3 Å². The van der Waals surface area contributed by atoms with Crippen molar-refractivity contribution in [2.24, 2.45) is 5.92 Å². The first-order valence-electron chi connectivity index (χ1n) is 9.53. The van der Waals surface area contributed by atoms with Crippen LogP contribution in [0, 0.1) is 5.92 Å². The van der Waals surface area contributed by atoms with Crippen LogP contribution in [0.2, 0.25) is 5.02 Å². The minimum atomic E-state index is -0.169. The zero-order valence-electron chi connectivity index (χ0n) is 15.7. The monoisotopic (exact) mass is 394 g/mol. The smallest absolute Gasteiger partial charge is 0.307 e. The second kappa shape index (κ2) is 9.42. The van der Waals surface area contributed by atoms with Gasteiger partial charge in [-0.05, 0) is 43.7 Å². The fourth-order valence-corrected chi connectivity index (χ4v) is 3.80. The third kappa shape index (κ3) is 5.84. The summed E-state index contributed by atoms with van der Waals surface area (Å²) >= 11 is 6.03. The molecular formula is C20H27ClN2O4. The maximum absolute atomic E-state index is 12.2. The molecule has 148 valence electrons. The summed E-state index contributed by atoms with van der Waals surface area (Å²) in [7, 11) is 1.43. The van der Waals surface area contributed by atoms with E-state index >= 15 is 0 Å². The van der Waals surface area contributed by atoms with Gasteiger partial charge in [0.2, 0.25) is 0 Å². The zero-order chi connectivity index (χ0) is 19.2. The van der Waals surface area contributed by atoms with Gasteiger partial charge < -0.3 is 14.8 Å². The van der Waals surface area contributed by atoms with E-state index in [2.05, 4.69) is 10.2 Å². The van der Waals surface area contributed by atoms with E-state index in [0.29, 0.717) is 23.7 Å². The van der Waals surface area contributed by atoms with Gasteiger partial charge in [0, 0.05) is 25.2 Å². The molecule has 1 aromatic rings. The van der Waals surface area contributed by atoms with E-state index in [1.807, 2.05) is 12.1 Å². The Bertz CT molecular complexity index is 665. The molecule has 0 unspecified atom stereocenters. The Morgan fingerprint density at radius 3 is 2.63 bits per heavy atom. The van der Waals surface area contributed by atoms with Crippen LogP contribution >= 0.6 is 11.6 Å². The molecule has 6 nitrogen and oxygen atoms in total. The Hall–Kier alpha value is -1.79. The predicted octanol–water partition coefficient (Wildman–Crippen LogP) is 2.64. The minimum absolute atomic E-state index is 0.0648. The van der Waals surface area contributed by atoms with Gasteiger partial charge in [-0.25, -0.2) is 0 Å². The van der Waals surface area contributed by atoms with E-state index in [0.717, 1.165) is 25.3 Å². The summed E-state index contributed by atoms with van der Waals surface area (Å²) < 4.78 is 10.3. The molecule has 0 bridgehead atoms. The van der Waals surface area contributed by atoms with E-state index in [1.165, 1.54) is 20.0 Å². The first-order valence-corrected chi connectivity index (χ1v) is 9.91. The number of ether oxygens (including phenoxy) is 2. The Morgan fingerprint density at radius 1 is 1.19 bits per heavy atom. The van der Waals surface area contributed by atoms with Crippen molar-refractivity contribution < 1.29 is 19.1 Å². The largest absolute Gasteiger partial charge is 0.482 e. The van der Waals surface area contributed by atoms with E-state index in [9.17, 15) is 9.59 Å². The number of methoxy groups -OCH3 is 1. The number of rotatable bonds is 9. The minimum Gasteiger partial charge on any atom is -0.482 e. The number of carbonyl (C=O) groups is 2. The van der Waals surface area contributed by atoms with Gasteiger partial charge in [-0.2, -0.15) is 0 Å². The first kappa shape index (κ1) is 20.0. The lowest BCUT2D eigenvalue weighted by atomic mass is 10.1. The highest BCUT2D eigenvalue weighted by Crippen LogP contribution is 2.35. The van der Waals surface area contributed by atoms with Gasteiger partial charge in [-0.3, -0.25) is 14.5 Å². The van der Waals surface area contributed by atoms with E-state index in [4.69, 9.17) is 21.1 Å². The number of carbonyl (C=O) groups excluding carboxylic acids is 2. The molecule has 1 saturated carbocycles. The highest BCUT2D eigenvalue weighted by atomic mass is 35.5. The molecule has 1 aromatic carbocycles. The number of hydrogen-bond donors (Lipinski definition) is 1. The molecule has 0 aromatic heterocycles. The molecule has 1 aliphatic heterocycles. The molecule has 0 radical (unpaired) electrons. The maximum Gasteiger partial charge on any atom is 0.307 e. The molecule has 7 heteroatoms. The second-order valence-corrected chi connectivity index (χ2v) is 7.74. The summed E-state index contributed by atoms with van der Waals surface area (Å²) in [5, 5.41) is 3.45. The molecule has 1 amide bonds. The molecule has 2 atom stereocenters. The van der Waals surface area contributed by atoms with Crippen molar-refractivity contribution in [3.8, 4) is 5.75 Å². The summed E-state index contributed by atoms with van der Waals surface area (Å²) in [5.41, 5.74) is 0. The van der Waals surface area contributed by atoms with Crippen molar-refractivity contribution in [2.75, 3.05) is 26.8 Å². The van der Waals surface area contributed by atoms with Crippen molar-refractivity contribution in [1.29, 1.82) is 0 Å². The standard InChI is InChI=1S/C20H27ClN2O4/c1-26-20(25)10-15-8-9-16(23(15)12-14-6-7-14)11-22-19(24)13-27-18-5-3-2-4-17(18)21/h2-5,14-16H,6-13H2,1H3,(H,22,24)/t15-,16+/m1/s1. The Balaban J connectivity index is 1.47. The third-order valence-corrected chi connectivity index (χ3v) is 5.61. The number of halogens is 1. The van der Waals surface area contributed by atoms with Crippen molar-refractivity contribution in [2.45, 2.75) is 44.2 Å². The third-order valence-electron chi connectivity index (χ3n) is 5.30. The second-order valence-electron chi connectivity index (χ2n) is 7.33. The number of esters is 1. The number of para-hydroxylation sites is 1. The molecule has 1 aliphatic carbocycles. The summed E-state index contributed by atoms with van der Waals surface area (Å²) in [6.45, 7) is 1.50. The van der Waals surface area contributed by atoms with Gasteiger partial charge in [-0.1, -0.05) is 23.7 Å². The van der Waals surface area contributed by atoms with Crippen LogP contribution in [0.5, 0.6) is 5.75 Å². The number of likely N-dealkylation sites (tertiary alicyclic amines) is 1. The topological polar surface area (TPSA) is 67.9 Å². The van der Waals surface area contributed by atoms with Crippen LogP contribution in [-0.2, 0) is 14.3 Å². The lowest BCUT2D eigenvalue weighted by molar-refractivity contribution is -0.142. The fourth-order valence-electron chi connectivity index (χ4n) is 3.61. The van der Waals surface area contributed by atoms with Crippen LogP contribution in [0.3, 0.4) is 0 Å². The SMILES string of the molecule is COC(=O)C[C@H]1CC[C@@H](CNC(=O)COc2ccccc2Cl)N1CC1CC1. The van der Waals surface area contributed by atoms with Gasteiger partial charge in [0.05, 0.1) is 18.6 Å². The van der Waals surface area contributed by atoms with Crippen LogP contribution in [0.1, 0.15) is 32.1 Å². The molecule has 0 spiro atoms. The molecule has 3 rings (SSSR count). The summed E-state index contributed by atoms with van der Waals surface area (Å²) in [6, 6.07) is 7.55. The van der Waals surface area contributed by atoms with E-state index in [1.54, 1.807) is 12.1 Å². The summed E-state index contributed by atoms with van der Waals surface area (Å²) in [5.74, 6) is 0.894. The van der Waals surface area contributed by atoms with Gasteiger partial charge >= 0.3 is 5.97 Å². The van der Waals surface area contributed by atoms with Gasteiger partial charge in [0.1, 0.15) is 5.75 Å². The lowest BCUT2D eigenvalue weighted by Gasteiger charge is -2.30. The molecule has 1 N–H and O–H groups in total. The van der Waals surface area contributed by atoms with Crippen molar-refractivity contribution >= 4 is 23.5 Å². The van der Waals surface area contributed by atoms with Crippen LogP contribution in [-0.4, -0.2) is 55.7 Å². The fraction of sp³-hybridized carbons (Fsp3) is 0.600. The van der Waals surface area contributed by atoms with Crippen molar-refractivity contribution in [3.63, 3.8) is 0 Å².